The van der Waals surface area contributed by atoms with Crippen LogP contribution in [0.3, 0.4) is 0 Å². The Hall–Kier alpha value is -5.14. The Balaban J connectivity index is 1.34. The molecular weight excluding hydrogens is 750 g/mol. The van der Waals surface area contributed by atoms with Gasteiger partial charge in [0.2, 0.25) is 11.6 Å². The van der Waals surface area contributed by atoms with Gasteiger partial charge in [0.05, 0.1) is 34.6 Å². The second kappa shape index (κ2) is 13.2. The average Bonchev–Trinajstić information content (AvgIpc) is 4.06. The molecule has 1 aromatic heterocycles. The van der Waals surface area contributed by atoms with Gasteiger partial charge in [-0.15, -0.1) is 0 Å². The zero-order chi connectivity index (χ0) is 39.3. The van der Waals surface area contributed by atoms with Crippen molar-refractivity contribution in [2.75, 3.05) is 0 Å². The molecule has 2 fully saturated rings. The van der Waals surface area contributed by atoms with Crippen LogP contribution < -0.4 is 5.32 Å². The molecule has 8 bridgehead atoms. The molecule has 2 aromatic carbocycles. The van der Waals surface area contributed by atoms with E-state index < -0.39 is 92.2 Å². The summed E-state index contributed by atoms with van der Waals surface area (Å²) in [5.74, 6) is -21.0. The second-order valence-electron chi connectivity index (χ2n) is 15.3. The van der Waals surface area contributed by atoms with E-state index in [9.17, 15) is 26.3 Å². The Kier molecular flexibility index (Phi) is 8.62. The lowest BCUT2D eigenvalue weighted by Gasteiger charge is -2.41. The highest BCUT2D eigenvalue weighted by molar-refractivity contribution is 6.31. The summed E-state index contributed by atoms with van der Waals surface area (Å²) in [6, 6.07) is 1.72. The molecule has 6 aliphatic rings. The number of aromatic nitrogens is 1. The van der Waals surface area contributed by atoms with Crippen molar-refractivity contribution in [1.29, 1.82) is 0 Å². The number of hydrogen-bond donors (Lipinski definition) is 2. The van der Waals surface area contributed by atoms with Crippen molar-refractivity contribution in [3.8, 4) is 0 Å². The van der Waals surface area contributed by atoms with Crippen molar-refractivity contribution in [2.45, 2.75) is 81.7 Å². The number of benzene rings is 2. The van der Waals surface area contributed by atoms with Crippen molar-refractivity contribution in [3.05, 3.63) is 141 Å². The van der Waals surface area contributed by atoms with Gasteiger partial charge in [-0.25, -0.2) is 43.9 Å². The summed E-state index contributed by atoms with van der Waals surface area (Å²) in [5, 5.41) is 3.31. The smallest absolute Gasteiger partial charge is 0.200 e. The van der Waals surface area contributed by atoms with E-state index in [1.54, 1.807) is 24.3 Å². The fourth-order valence-corrected chi connectivity index (χ4v) is 9.68. The highest BCUT2D eigenvalue weighted by Gasteiger charge is 2.48. The van der Waals surface area contributed by atoms with Gasteiger partial charge in [0.15, 0.2) is 46.5 Å². The third kappa shape index (κ3) is 5.19. The van der Waals surface area contributed by atoms with Gasteiger partial charge in [-0.3, -0.25) is 9.98 Å². The Labute approximate surface area is 314 Å². The predicted molar refractivity (Wildman–Crippen MR) is 189 cm³/mol. The Morgan fingerprint density at radius 2 is 1.07 bits per heavy atom. The molecule has 56 heavy (non-hydrogen) atoms. The monoisotopic (exact) mass is 782 g/mol. The minimum Gasteiger partial charge on any atom is -0.377 e. The molecule has 0 radical (unpaired) electrons. The van der Waals surface area contributed by atoms with Crippen LogP contribution in [-0.2, 0) is 5.41 Å². The first kappa shape index (κ1) is 36.5. The molecule has 2 unspecified atom stereocenters. The SMILES string of the molecule is Fc1c(F)c(F)c(/C2=C3\C=CC(N3)C3(CCCCC3)c3ccc([nH]3)/C(c3c(F)c(F)c(F)c(F)c3F)=C3/C=CC(=N3)C3(CCCCC3)C3C=CC2=N3)c(F)c1F. The number of fused-ring (bicyclic) bond motifs is 10. The van der Waals surface area contributed by atoms with Crippen LogP contribution in [0, 0.1) is 63.6 Å². The first-order chi connectivity index (χ1) is 26.9. The summed E-state index contributed by atoms with van der Waals surface area (Å²) >= 11 is 0. The lowest BCUT2D eigenvalue weighted by molar-refractivity contribution is 0.248. The van der Waals surface area contributed by atoms with Crippen molar-refractivity contribution >= 4 is 22.6 Å². The van der Waals surface area contributed by atoms with Crippen LogP contribution in [0.4, 0.5) is 43.9 Å². The van der Waals surface area contributed by atoms with Gasteiger partial charge < -0.3 is 10.3 Å². The van der Waals surface area contributed by atoms with Crippen LogP contribution >= 0.6 is 0 Å². The molecule has 9 rings (SSSR count). The number of H-pyrrole nitrogens is 1. The Bertz CT molecular complexity index is 2380. The van der Waals surface area contributed by atoms with Gasteiger partial charge in [-0.2, -0.15) is 0 Å². The van der Waals surface area contributed by atoms with E-state index in [2.05, 4.69) is 10.3 Å². The van der Waals surface area contributed by atoms with E-state index in [4.69, 9.17) is 9.98 Å². The first-order valence-electron chi connectivity index (χ1n) is 18.6. The van der Waals surface area contributed by atoms with Crippen LogP contribution in [0.5, 0.6) is 0 Å². The number of aliphatic imine (C=N–C) groups is 2. The number of hydrogen-bond acceptors (Lipinski definition) is 3. The standard InChI is InChI=1S/C42H32F10N4/c43-31-29(32(44)36(48)39(51)35(31)47)27-19-7-11-23(53-19)41(15-3-1-4-16-41)24-12-8-20(54-24)28(30-33(45)37(49)40(52)38(50)34(30)46)22-10-14-26(56-22)42(17-5-2-6-18-42)25-13-9-21(27)55-25/h7-14,23,25,53-54H,1-6,15-18H2/b27-19+,28-22+. The summed E-state index contributed by atoms with van der Waals surface area (Å²) in [6.07, 6.45) is 15.9. The van der Waals surface area contributed by atoms with E-state index in [-0.39, 0.29) is 33.9 Å². The number of halogens is 10. The van der Waals surface area contributed by atoms with Crippen molar-refractivity contribution < 1.29 is 43.9 Å². The summed E-state index contributed by atoms with van der Waals surface area (Å²) in [5.41, 5.74) is -3.81. The van der Waals surface area contributed by atoms with Gasteiger partial charge in [-0.05, 0) is 62.1 Å². The molecule has 2 spiro atoms. The number of aromatic amines is 1. The van der Waals surface area contributed by atoms with E-state index in [1.165, 1.54) is 24.3 Å². The average molecular weight is 783 g/mol. The largest absolute Gasteiger partial charge is 0.377 e. The molecular formula is C42H32F10N4. The van der Waals surface area contributed by atoms with E-state index in [0.717, 1.165) is 12.8 Å². The number of nitrogens with zero attached hydrogens (tertiary/aromatic N) is 2. The molecule has 2 atom stereocenters. The van der Waals surface area contributed by atoms with Gasteiger partial charge in [0.1, 0.15) is 0 Å². The fourth-order valence-electron chi connectivity index (χ4n) is 9.68. The van der Waals surface area contributed by atoms with Gasteiger partial charge in [0.25, 0.3) is 0 Å². The van der Waals surface area contributed by atoms with Crippen LogP contribution in [0.2, 0.25) is 0 Å². The first-order valence-corrected chi connectivity index (χ1v) is 18.6. The quantitative estimate of drug-likeness (QED) is 0.152. The molecule has 5 heterocycles. The molecule has 4 nitrogen and oxygen atoms in total. The summed E-state index contributed by atoms with van der Waals surface area (Å²) in [4.78, 5) is 13.0. The molecule has 2 aliphatic carbocycles. The minimum absolute atomic E-state index is 0.0310. The lowest BCUT2D eigenvalue weighted by Crippen LogP contribution is -2.46. The predicted octanol–water partition coefficient (Wildman–Crippen LogP) is 10.7. The topological polar surface area (TPSA) is 52.5 Å². The highest BCUT2D eigenvalue weighted by atomic mass is 19.2. The van der Waals surface area contributed by atoms with Crippen molar-refractivity contribution in [1.82, 2.24) is 10.3 Å². The minimum atomic E-state index is -2.29. The van der Waals surface area contributed by atoms with Gasteiger partial charge in [-0.1, -0.05) is 50.7 Å². The Morgan fingerprint density at radius 3 is 1.66 bits per heavy atom. The maximum Gasteiger partial charge on any atom is 0.200 e. The maximum atomic E-state index is 15.8. The van der Waals surface area contributed by atoms with Gasteiger partial charge >= 0.3 is 0 Å². The molecule has 3 aromatic rings. The molecule has 14 heteroatoms. The lowest BCUT2D eigenvalue weighted by atomic mass is 9.66. The zero-order valence-electron chi connectivity index (χ0n) is 29.5. The molecule has 0 amide bonds. The van der Waals surface area contributed by atoms with Crippen LogP contribution in [0.1, 0.15) is 86.7 Å². The van der Waals surface area contributed by atoms with Gasteiger partial charge in [0, 0.05) is 44.8 Å². The van der Waals surface area contributed by atoms with Crippen LogP contribution in [-0.4, -0.2) is 28.5 Å². The van der Waals surface area contributed by atoms with Crippen LogP contribution in [0.15, 0.2) is 70.0 Å². The zero-order valence-corrected chi connectivity index (χ0v) is 29.5. The number of nitrogens with one attached hydrogen (secondary N) is 2. The Morgan fingerprint density at radius 1 is 0.536 bits per heavy atom. The molecule has 2 N–H and O–H groups in total. The maximum absolute atomic E-state index is 15.8. The van der Waals surface area contributed by atoms with Crippen molar-refractivity contribution in [2.24, 2.45) is 15.4 Å². The normalized spacial score (nSPS) is 26.0. The number of rotatable bonds is 2. The number of allylic oxidation sites excluding steroid dienone is 5. The molecule has 4 aliphatic heterocycles. The third-order valence-corrected chi connectivity index (χ3v) is 12.5. The molecule has 290 valence electrons. The third-order valence-electron chi connectivity index (χ3n) is 12.5. The van der Waals surface area contributed by atoms with Crippen LogP contribution in [0.25, 0.3) is 11.1 Å². The fraction of sp³-hybridized carbons (Fsp3) is 0.333. The highest BCUT2D eigenvalue weighted by Crippen LogP contribution is 2.50. The molecule has 2 saturated carbocycles. The summed E-state index contributed by atoms with van der Waals surface area (Å²) < 4.78 is 151. The van der Waals surface area contributed by atoms with Crippen molar-refractivity contribution in [3.63, 3.8) is 0 Å². The summed E-state index contributed by atoms with van der Waals surface area (Å²) in [6.45, 7) is 0. The summed E-state index contributed by atoms with van der Waals surface area (Å²) in [7, 11) is 0. The van der Waals surface area contributed by atoms with E-state index >= 15 is 17.6 Å². The molecule has 0 saturated heterocycles. The van der Waals surface area contributed by atoms with E-state index in [1.807, 2.05) is 0 Å². The van der Waals surface area contributed by atoms with E-state index in [0.29, 0.717) is 62.8 Å². The second-order valence-corrected chi connectivity index (χ2v) is 15.3.